The molecule has 13 heteroatoms. The van der Waals surface area contributed by atoms with Crippen molar-refractivity contribution < 1.29 is 45.6 Å². The molecule has 4 aromatic carbocycles. The van der Waals surface area contributed by atoms with E-state index in [9.17, 15) is 31.6 Å². The first kappa shape index (κ1) is 58.3. The Kier molecular flexibility index (Phi) is 30.1. The van der Waals surface area contributed by atoms with Crippen molar-refractivity contribution in [1.82, 2.24) is 0 Å². The molecular formula is C52H74CaO10S2. The first-order valence-corrected chi connectivity index (χ1v) is 26.8. The van der Waals surface area contributed by atoms with Crippen molar-refractivity contribution >= 4 is 58.0 Å². The van der Waals surface area contributed by atoms with E-state index in [1.807, 2.05) is 30.3 Å². The normalized spacial score (nSPS) is 11.4. The van der Waals surface area contributed by atoms with Crippen LogP contribution in [-0.4, -0.2) is 68.8 Å². The van der Waals surface area contributed by atoms with Crippen molar-refractivity contribution in [2.75, 3.05) is 0 Å². The first-order valence-electron chi connectivity index (χ1n) is 23.9. The Morgan fingerprint density at radius 1 is 0.462 bits per heavy atom. The van der Waals surface area contributed by atoms with Gasteiger partial charge in [-0.2, -0.15) is 8.42 Å². The second kappa shape index (κ2) is 33.6. The maximum Gasteiger partial charge on any atom is 2.00 e. The van der Waals surface area contributed by atoms with Crippen LogP contribution >= 0.6 is 0 Å². The Hall–Kier alpha value is -2.84. The van der Waals surface area contributed by atoms with Crippen LogP contribution < -0.4 is 14.6 Å². The van der Waals surface area contributed by atoms with Gasteiger partial charge in [0.25, 0.3) is 10.1 Å². The number of rotatable bonds is 32. The molecule has 0 aliphatic heterocycles. The maximum atomic E-state index is 11.8. The Labute approximate surface area is 421 Å². The van der Waals surface area contributed by atoms with Crippen LogP contribution in [0.25, 0.3) is 0 Å². The predicted molar refractivity (Wildman–Crippen MR) is 260 cm³/mol. The van der Waals surface area contributed by atoms with E-state index < -0.39 is 41.5 Å². The van der Waals surface area contributed by atoms with E-state index in [1.165, 1.54) is 165 Å². The van der Waals surface area contributed by atoms with Gasteiger partial charge in [0.1, 0.15) is 43.8 Å². The molecule has 0 amide bonds. The van der Waals surface area contributed by atoms with Crippen molar-refractivity contribution in [3.05, 3.63) is 96.1 Å². The van der Waals surface area contributed by atoms with Crippen LogP contribution in [0, 0.1) is 0 Å². The molecule has 0 bridgehead atoms. The number of phenolic OH excluding ortho intramolecular Hbond substituents is 1. The Morgan fingerprint density at radius 2 is 0.800 bits per heavy atom. The van der Waals surface area contributed by atoms with E-state index in [0.717, 1.165) is 49.4 Å². The number of aromatic hydroxyl groups is 1. The molecule has 2 N–H and O–H groups in total. The van der Waals surface area contributed by atoms with Gasteiger partial charge in [-0.3, -0.25) is 4.55 Å². The third-order valence-electron chi connectivity index (χ3n) is 11.3. The summed E-state index contributed by atoms with van der Waals surface area (Å²) in [7, 11) is -9.24. The molecule has 0 aliphatic rings. The average Bonchev–Trinajstić information content (AvgIpc) is 3.24. The van der Waals surface area contributed by atoms with Gasteiger partial charge in [-0.05, 0) is 91.4 Å². The molecule has 0 radical (unpaired) electrons. The van der Waals surface area contributed by atoms with E-state index in [1.54, 1.807) is 6.07 Å². The summed E-state index contributed by atoms with van der Waals surface area (Å²) in [5, 5.41) is 21.6. The minimum absolute atomic E-state index is 0. The summed E-state index contributed by atoms with van der Waals surface area (Å²) < 4.78 is 75.9. The summed E-state index contributed by atoms with van der Waals surface area (Å²) in [6.45, 7) is 4.51. The molecule has 4 aromatic rings. The average molecular weight is 963 g/mol. The van der Waals surface area contributed by atoms with Crippen LogP contribution in [0.1, 0.15) is 179 Å². The third-order valence-corrected chi connectivity index (χ3v) is 13.1. The summed E-state index contributed by atoms with van der Waals surface area (Å²) in [5.41, 5.74) is 2.35. The summed E-state index contributed by atoms with van der Waals surface area (Å²) in [6.07, 6.45) is 33.7. The quantitative estimate of drug-likeness (QED) is 0.0272. The zero-order chi connectivity index (χ0) is 46.5. The minimum Gasteiger partial charge on any atom is -0.872 e. The molecule has 0 aliphatic carbocycles. The fourth-order valence-electron chi connectivity index (χ4n) is 7.68. The van der Waals surface area contributed by atoms with Crippen LogP contribution in [-0.2, 0) is 33.1 Å². The number of hydrogen-bond donors (Lipinski definition) is 2. The monoisotopic (exact) mass is 962 g/mol. The number of unbranched alkanes of at least 4 members (excludes halogenated alkanes) is 22. The summed E-state index contributed by atoms with van der Waals surface area (Å²) in [5.74, 6) is 0.323. The van der Waals surface area contributed by atoms with Crippen LogP contribution in [0.15, 0.2) is 94.7 Å². The number of ether oxygens (including phenoxy) is 2. The van der Waals surface area contributed by atoms with Crippen LogP contribution in [0.4, 0.5) is 0 Å². The molecule has 0 atom stereocenters. The van der Waals surface area contributed by atoms with Gasteiger partial charge < -0.3 is 24.2 Å². The van der Waals surface area contributed by atoms with E-state index in [4.69, 9.17) is 14.0 Å². The van der Waals surface area contributed by atoms with Crippen molar-refractivity contribution in [1.29, 1.82) is 0 Å². The van der Waals surface area contributed by atoms with Gasteiger partial charge in [-0.25, -0.2) is 8.42 Å². The second-order valence-corrected chi connectivity index (χ2v) is 19.7. The zero-order valence-corrected chi connectivity index (χ0v) is 43.0. The summed E-state index contributed by atoms with van der Waals surface area (Å²) in [4.78, 5) is -1.30. The minimum atomic E-state index is -4.77. The summed E-state index contributed by atoms with van der Waals surface area (Å²) in [6, 6.07) is 22.5. The van der Waals surface area contributed by atoms with Gasteiger partial charge in [0.05, 0.1) is 0 Å². The molecule has 0 unspecified atom stereocenters. The second-order valence-electron chi connectivity index (χ2n) is 16.9. The molecule has 0 spiro atoms. The van der Waals surface area contributed by atoms with Gasteiger partial charge in [0.2, 0.25) is 0 Å². The van der Waals surface area contributed by atoms with Crippen molar-refractivity contribution in [3.63, 3.8) is 0 Å². The van der Waals surface area contributed by atoms with Gasteiger partial charge in [-0.15, -0.1) is 0 Å². The van der Waals surface area contributed by atoms with E-state index in [0.29, 0.717) is 17.2 Å². The molecular weight excluding hydrogens is 889 g/mol. The van der Waals surface area contributed by atoms with Gasteiger partial charge in [0, 0.05) is 11.0 Å². The molecule has 356 valence electrons. The maximum absolute atomic E-state index is 11.8. The van der Waals surface area contributed by atoms with Crippen LogP contribution in [0.5, 0.6) is 34.5 Å². The number of phenols is 1. The topological polar surface area (TPSA) is 173 Å². The zero-order valence-electron chi connectivity index (χ0n) is 39.2. The molecule has 10 nitrogen and oxygen atoms in total. The Bertz CT molecular complexity index is 1970. The molecule has 65 heavy (non-hydrogen) atoms. The third kappa shape index (κ3) is 25.8. The van der Waals surface area contributed by atoms with Gasteiger partial charge in [-0.1, -0.05) is 185 Å². The number of benzene rings is 4. The molecule has 0 saturated carbocycles. The van der Waals surface area contributed by atoms with Crippen LogP contribution in [0.2, 0.25) is 0 Å². The van der Waals surface area contributed by atoms with Gasteiger partial charge in [0.15, 0.2) is 0 Å². The predicted octanol–water partition coefficient (Wildman–Crippen LogP) is 14.0. The largest absolute Gasteiger partial charge is 2.00 e. The summed E-state index contributed by atoms with van der Waals surface area (Å²) >= 11 is 0. The first-order chi connectivity index (χ1) is 30.8. The smallest absolute Gasteiger partial charge is 0.872 e. The van der Waals surface area contributed by atoms with Crippen molar-refractivity contribution in [2.24, 2.45) is 0 Å². The Balaban J connectivity index is 0.000000440. The molecule has 0 fully saturated rings. The standard InChI is InChI=1S/2C26H38O5S.Ca/c2*1-2-3-4-5-6-7-8-9-10-11-12-13-15-22-16-14-17-23(20-22)31-24-18-19-26(25(27)21-24)32(28,29)30;/h2*14,16-21,27H,2-13,15H2,1H3,(H,28,29,30);/q;;+2/p-2. The number of aryl methyl sites for hydroxylation is 2. The fourth-order valence-corrected chi connectivity index (χ4v) is 8.78. The Morgan fingerprint density at radius 3 is 1.14 bits per heavy atom. The van der Waals surface area contributed by atoms with E-state index in [2.05, 4.69) is 26.0 Å². The molecule has 4 rings (SSSR count). The van der Waals surface area contributed by atoms with Crippen molar-refractivity contribution in [2.45, 2.75) is 191 Å². The van der Waals surface area contributed by atoms with Crippen molar-refractivity contribution in [3.8, 4) is 34.5 Å². The van der Waals surface area contributed by atoms with E-state index >= 15 is 0 Å². The van der Waals surface area contributed by atoms with Gasteiger partial charge >= 0.3 is 37.7 Å². The number of hydrogen-bond acceptors (Lipinski definition) is 9. The SMILES string of the molecule is CCCCCCCCCCCCCCc1cccc(Oc2ccc(S(=O)(=O)O)c(O)c2)c1.CCCCCCCCCCCCCCc1cccc(Oc2ccc(S(=O)(=O)[O-])c([O-])c2)c1.[Ca+2]. The van der Waals surface area contributed by atoms with E-state index in [-0.39, 0.29) is 43.5 Å². The molecule has 0 heterocycles. The van der Waals surface area contributed by atoms with Crippen LogP contribution in [0.3, 0.4) is 0 Å². The fraction of sp³-hybridized carbons (Fsp3) is 0.538. The molecule has 0 aromatic heterocycles. The molecule has 0 saturated heterocycles.